The van der Waals surface area contributed by atoms with Crippen molar-refractivity contribution in [3.8, 4) is 0 Å². The summed E-state index contributed by atoms with van der Waals surface area (Å²) in [5.41, 5.74) is 0.272. The lowest BCUT2D eigenvalue weighted by atomic mass is 9.73. The third kappa shape index (κ3) is 7.11. The lowest BCUT2D eigenvalue weighted by Gasteiger charge is -2.36. The van der Waals surface area contributed by atoms with Crippen molar-refractivity contribution in [3.05, 3.63) is 0 Å². The van der Waals surface area contributed by atoms with E-state index in [9.17, 15) is 0 Å². The molecule has 1 aliphatic rings. The molecule has 0 aromatic rings. The van der Waals surface area contributed by atoms with Gasteiger partial charge in [0, 0.05) is 5.54 Å². The van der Waals surface area contributed by atoms with Crippen LogP contribution in [0.1, 0.15) is 92.4 Å². The van der Waals surface area contributed by atoms with Crippen LogP contribution < -0.4 is 5.32 Å². The summed E-state index contributed by atoms with van der Waals surface area (Å²) in [6.45, 7) is 12.8. The molecule has 1 fully saturated rings. The number of unbranched alkanes of at least 4 members (excludes halogenated alkanes) is 1. The summed E-state index contributed by atoms with van der Waals surface area (Å²) in [6, 6.07) is 0. The summed E-state index contributed by atoms with van der Waals surface area (Å²) in [4.78, 5) is 0. The van der Waals surface area contributed by atoms with Crippen molar-refractivity contribution >= 4 is 0 Å². The van der Waals surface area contributed by atoms with Gasteiger partial charge in [-0.25, -0.2) is 0 Å². The highest BCUT2D eigenvalue weighted by molar-refractivity contribution is 4.82. The van der Waals surface area contributed by atoms with Crippen molar-refractivity contribution in [2.45, 2.75) is 97.9 Å². The summed E-state index contributed by atoms with van der Waals surface area (Å²) in [7, 11) is 0. The molecule has 0 spiro atoms. The molecule has 0 aliphatic heterocycles. The Labute approximate surface area is 128 Å². The van der Waals surface area contributed by atoms with Crippen molar-refractivity contribution in [2.75, 3.05) is 6.54 Å². The first-order valence-corrected chi connectivity index (χ1v) is 9.21. The van der Waals surface area contributed by atoms with E-state index in [4.69, 9.17) is 0 Å². The van der Waals surface area contributed by atoms with Crippen molar-refractivity contribution < 1.29 is 0 Å². The molecule has 1 nitrogen and oxygen atoms in total. The molecule has 1 rings (SSSR count). The Morgan fingerprint density at radius 1 is 1.05 bits per heavy atom. The molecule has 120 valence electrons. The molecule has 1 N–H and O–H groups in total. The maximum absolute atomic E-state index is 3.76. The predicted octanol–water partition coefficient (Wildman–Crippen LogP) is 5.79. The number of hydrogen-bond acceptors (Lipinski definition) is 1. The quantitative estimate of drug-likeness (QED) is 0.594. The predicted molar refractivity (Wildman–Crippen MR) is 91.1 cm³/mol. The average Bonchev–Trinajstić information content (AvgIpc) is 2.41. The Morgan fingerprint density at radius 2 is 1.70 bits per heavy atom. The first kappa shape index (κ1) is 18.0. The molecule has 0 aromatic carbocycles. The first-order chi connectivity index (χ1) is 9.46. The van der Waals surface area contributed by atoms with E-state index in [1.54, 1.807) is 0 Å². The summed E-state index contributed by atoms with van der Waals surface area (Å²) in [5.74, 6) is 2.90. The van der Waals surface area contributed by atoms with Gasteiger partial charge < -0.3 is 5.32 Å². The normalized spacial score (nSPS) is 25.6. The molecule has 3 atom stereocenters. The van der Waals surface area contributed by atoms with Gasteiger partial charge in [0.05, 0.1) is 0 Å². The van der Waals surface area contributed by atoms with Crippen molar-refractivity contribution in [1.29, 1.82) is 0 Å². The fraction of sp³-hybridized carbons (Fsp3) is 1.00. The molecule has 0 radical (unpaired) electrons. The Hall–Kier alpha value is -0.0400. The highest BCUT2D eigenvalue weighted by atomic mass is 14.9. The molecule has 0 aromatic heterocycles. The van der Waals surface area contributed by atoms with Crippen LogP contribution in [0.15, 0.2) is 0 Å². The summed E-state index contributed by atoms with van der Waals surface area (Å²) < 4.78 is 0. The molecule has 20 heavy (non-hydrogen) atoms. The van der Waals surface area contributed by atoms with Gasteiger partial charge >= 0.3 is 0 Å². The molecule has 3 unspecified atom stereocenters. The summed E-state index contributed by atoms with van der Waals surface area (Å²) in [5, 5.41) is 3.76. The third-order valence-electron chi connectivity index (χ3n) is 5.14. The molecular formula is C19H39N. The summed E-state index contributed by atoms with van der Waals surface area (Å²) >= 11 is 0. The van der Waals surface area contributed by atoms with Crippen LogP contribution in [0.5, 0.6) is 0 Å². The van der Waals surface area contributed by atoms with E-state index in [-0.39, 0.29) is 5.54 Å². The van der Waals surface area contributed by atoms with Crippen LogP contribution in [0.4, 0.5) is 0 Å². The fourth-order valence-corrected chi connectivity index (χ4v) is 3.71. The zero-order valence-corrected chi connectivity index (χ0v) is 14.8. The molecule has 0 bridgehead atoms. The number of hydrogen-bond donors (Lipinski definition) is 1. The number of rotatable bonds is 8. The van der Waals surface area contributed by atoms with E-state index >= 15 is 0 Å². The van der Waals surface area contributed by atoms with Gasteiger partial charge in [0.25, 0.3) is 0 Å². The van der Waals surface area contributed by atoms with Crippen LogP contribution >= 0.6 is 0 Å². The SMILES string of the molecule is CCCCC(CC)CC1CCCCC1CNC(C)(C)C. The molecule has 0 heterocycles. The van der Waals surface area contributed by atoms with Gasteiger partial charge in [-0.1, -0.05) is 58.8 Å². The molecular weight excluding hydrogens is 242 g/mol. The van der Waals surface area contributed by atoms with Crippen LogP contribution in [0.25, 0.3) is 0 Å². The van der Waals surface area contributed by atoms with Crippen LogP contribution in [0.3, 0.4) is 0 Å². The second-order valence-corrected chi connectivity index (χ2v) is 8.09. The van der Waals surface area contributed by atoms with Gasteiger partial charge in [-0.05, 0) is 57.9 Å². The van der Waals surface area contributed by atoms with Crippen molar-refractivity contribution in [3.63, 3.8) is 0 Å². The van der Waals surface area contributed by atoms with E-state index in [0.717, 1.165) is 17.8 Å². The van der Waals surface area contributed by atoms with E-state index in [1.165, 1.54) is 64.3 Å². The zero-order valence-electron chi connectivity index (χ0n) is 14.8. The minimum atomic E-state index is 0.272. The van der Waals surface area contributed by atoms with E-state index in [2.05, 4.69) is 39.9 Å². The standard InChI is InChI=1S/C19H39N/c1-6-8-11-16(7-2)14-17-12-9-10-13-18(17)15-20-19(3,4)5/h16-18,20H,6-15H2,1-5H3. The second-order valence-electron chi connectivity index (χ2n) is 8.09. The van der Waals surface area contributed by atoms with Gasteiger partial charge in [0.15, 0.2) is 0 Å². The van der Waals surface area contributed by atoms with E-state index in [1.807, 2.05) is 0 Å². The molecule has 1 saturated carbocycles. The Balaban J connectivity index is 2.45. The molecule has 1 aliphatic carbocycles. The number of nitrogens with one attached hydrogen (secondary N) is 1. The van der Waals surface area contributed by atoms with Crippen LogP contribution in [-0.4, -0.2) is 12.1 Å². The highest BCUT2D eigenvalue weighted by Crippen LogP contribution is 2.36. The Bertz CT molecular complexity index is 241. The Kier molecular flexibility index (Phi) is 8.17. The van der Waals surface area contributed by atoms with Gasteiger partial charge in [-0.15, -0.1) is 0 Å². The second kappa shape index (κ2) is 9.07. The molecule has 0 saturated heterocycles. The third-order valence-corrected chi connectivity index (χ3v) is 5.14. The van der Waals surface area contributed by atoms with E-state index in [0.29, 0.717) is 0 Å². The largest absolute Gasteiger partial charge is 0.312 e. The molecule has 1 heteroatoms. The summed E-state index contributed by atoms with van der Waals surface area (Å²) in [6.07, 6.45) is 13.0. The lowest BCUT2D eigenvalue weighted by Crippen LogP contribution is -2.41. The average molecular weight is 282 g/mol. The minimum Gasteiger partial charge on any atom is -0.312 e. The molecule has 0 amide bonds. The maximum Gasteiger partial charge on any atom is 0.00966 e. The van der Waals surface area contributed by atoms with Gasteiger partial charge in [-0.3, -0.25) is 0 Å². The topological polar surface area (TPSA) is 12.0 Å². The van der Waals surface area contributed by atoms with Crippen LogP contribution in [-0.2, 0) is 0 Å². The smallest absolute Gasteiger partial charge is 0.00966 e. The van der Waals surface area contributed by atoms with Gasteiger partial charge in [0.2, 0.25) is 0 Å². The van der Waals surface area contributed by atoms with E-state index < -0.39 is 0 Å². The van der Waals surface area contributed by atoms with Crippen LogP contribution in [0, 0.1) is 17.8 Å². The maximum atomic E-state index is 3.76. The van der Waals surface area contributed by atoms with Gasteiger partial charge in [-0.2, -0.15) is 0 Å². The van der Waals surface area contributed by atoms with Crippen molar-refractivity contribution in [1.82, 2.24) is 5.32 Å². The fourth-order valence-electron chi connectivity index (χ4n) is 3.71. The zero-order chi connectivity index (χ0) is 15.0. The highest BCUT2D eigenvalue weighted by Gasteiger charge is 2.27. The minimum absolute atomic E-state index is 0.272. The van der Waals surface area contributed by atoms with Crippen molar-refractivity contribution in [2.24, 2.45) is 17.8 Å². The lowest BCUT2D eigenvalue weighted by molar-refractivity contribution is 0.175. The first-order valence-electron chi connectivity index (χ1n) is 9.21. The van der Waals surface area contributed by atoms with Crippen LogP contribution in [0.2, 0.25) is 0 Å². The monoisotopic (exact) mass is 281 g/mol. The van der Waals surface area contributed by atoms with Gasteiger partial charge in [0.1, 0.15) is 0 Å². The Morgan fingerprint density at radius 3 is 2.25 bits per heavy atom.